The maximum absolute atomic E-state index is 14.4. The second-order valence-corrected chi connectivity index (χ2v) is 13.2. The van der Waals surface area contributed by atoms with Crippen molar-refractivity contribution >= 4 is 28.0 Å². The lowest BCUT2D eigenvalue weighted by atomic mass is 9.13. The molecule has 0 radical (unpaired) electrons. The molecular formula is C37H36BF12NO. The lowest BCUT2D eigenvalue weighted by molar-refractivity contribution is -0.917. The van der Waals surface area contributed by atoms with E-state index >= 15 is 0 Å². The van der Waals surface area contributed by atoms with Crippen molar-refractivity contribution < 1.29 is 61.9 Å². The Morgan fingerprint density at radius 2 is 0.731 bits per heavy atom. The Balaban J connectivity index is 0.000000338. The minimum absolute atomic E-state index is 0.177. The first-order valence-electron chi connectivity index (χ1n) is 16.7. The number of hydrogen-bond donors (Lipinski definition) is 0. The Labute approximate surface area is 293 Å². The van der Waals surface area contributed by atoms with Crippen LogP contribution < -0.4 is 21.9 Å². The molecule has 1 aliphatic heterocycles. The van der Waals surface area contributed by atoms with E-state index in [1.165, 1.54) is 62.6 Å². The number of morpholine rings is 1. The number of rotatable bonds is 11. The second kappa shape index (κ2) is 17.2. The van der Waals surface area contributed by atoms with Crippen molar-refractivity contribution in [1.29, 1.82) is 0 Å². The fraction of sp³-hybridized carbons (Fsp3) is 0.351. The van der Waals surface area contributed by atoms with Crippen molar-refractivity contribution in [2.24, 2.45) is 0 Å². The first-order chi connectivity index (χ1) is 24.5. The summed E-state index contributed by atoms with van der Waals surface area (Å²) in [5.74, 6) is -24.0. The standard InChI is InChI=1S/C24H8BF12.C13H28NO/c26-13-1-9(2-14(27)21(13)34)25(10-3-15(28)22(35)16(29)4-10,11-5-17(30)23(36)18(31)6-11)12-7-19(32)24(37)20(33)8-12;1-3-4-5-6-7-8-9-14(2)10-12-15-13-11-14/h1-8H;3-13H2,1-2H3/q-1;+1. The van der Waals surface area contributed by atoms with Gasteiger partial charge in [0.2, 0.25) is 0 Å². The minimum atomic E-state index is -4.01. The maximum Gasteiger partial charge on any atom is 0.194 e. The molecule has 52 heavy (non-hydrogen) atoms. The highest BCUT2D eigenvalue weighted by Gasteiger charge is 2.37. The number of ether oxygens (including phenoxy) is 1. The monoisotopic (exact) mass is 749 g/mol. The largest absolute Gasteiger partial charge is 0.370 e. The van der Waals surface area contributed by atoms with E-state index in [0.717, 1.165) is 13.2 Å². The van der Waals surface area contributed by atoms with E-state index in [4.69, 9.17) is 4.74 Å². The number of likely N-dealkylation sites (N-methyl/N-ethyl adjacent to an activating group) is 1. The van der Waals surface area contributed by atoms with Crippen LogP contribution in [0.2, 0.25) is 0 Å². The second-order valence-electron chi connectivity index (χ2n) is 13.2. The summed E-state index contributed by atoms with van der Waals surface area (Å²) in [4.78, 5) is 0. The smallest absolute Gasteiger partial charge is 0.194 e. The van der Waals surface area contributed by atoms with Crippen LogP contribution in [-0.2, 0) is 4.74 Å². The van der Waals surface area contributed by atoms with Crippen molar-refractivity contribution in [3.63, 3.8) is 0 Å². The van der Waals surface area contributed by atoms with Gasteiger partial charge in [-0.3, -0.25) is 0 Å². The molecule has 1 aliphatic rings. The summed E-state index contributed by atoms with van der Waals surface area (Å²) in [7, 11) is 2.38. The molecule has 282 valence electrons. The van der Waals surface area contributed by atoms with Gasteiger partial charge in [-0.25, -0.2) is 52.7 Å². The number of benzene rings is 4. The lowest BCUT2D eigenvalue weighted by Crippen LogP contribution is -2.75. The number of halogens is 12. The third kappa shape index (κ3) is 8.79. The van der Waals surface area contributed by atoms with Crippen LogP contribution in [0, 0.1) is 69.8 Å². The van der Waals surface area contributed by atoms with Crippen molar-refractivity contribution in [2.45, 2.75) is 45.4 Å². The van der Waals surface area contributed by atoms with E-state index in [0.29, 0.717) is 0 Å². The van der Waals surface area contributed by atoms with Gasteiger partial charge < -0.3 is 9.22 Å². The summed E-state index contributed by atoms with van der Waals surface area (Å²) in [6.07, 6.45) is 4.45. The maximum atomic E-state index is 14.4. The highest BCUT2D eigenvalue weighted by Crippen LogP contribution is 2.21. The molecular weight excluding hydrogens is 713 g/mol. The van der Waals surface area contributed by atoms with Crippen LogP contribution in [0.3, 0.4) is 0 Å². The van der Waals surface area contributed by atoms with Crippen molar-refractivity contribution in [3.05, 3.63) is 118 Å². The molecule has 0 atom stereocenters. The van der Waals surface area contributed by atoms with E-state index in [2.05, 4.69) is 14.0 Å². The molecule has 0 aliphatic carbocycles. The molecule has 1 fully saturated rings. The Hall–Kier alpha value is -3.98. The third-order valence-corrected chi connectivity index (χ3v) is 9.63. The van der Waals surface area contributed by atoms with Crippen LogP contribution in [0.1, 0.15) is 45.4 Å². The third-order valence-electron chi connectivity index (χ3n) is 9.63. The van der Waals surface area contributed by atoms with Crippen molar-refractivity contribution in [1.82, 2.24) is 0 Å². The van der Waals surface area contributed by atoms with E-state index in [1.807, 2.05) is 0 Å². The topological polar surface area (TPSA) is 9.23 Å². The zero-order chi connectivity index (χ0) is 38.4. The van der Waals surface area contributed by atoms with Crippen LogP contribution >= 0.6 is 0 Å². The molecule has 0 spiro atoms. The summed E-state index contributed by atoms with van der Waals surface area (Å²) in [5.41, 5.74) is -3.79. The van der Waals surface area contributed by atoms with Gasteiger partial charge in [0.1, 0.15) is 19.2 Å². The molecule has 0 unspecified atom stereocenters. The van der Waals surface area contributed by atoms with Crippen molar-refractivity contribution in [3.8, 4) is 0 Å². The molecule has 0 saturated carbocycles. The predicted octanol–water partition coefficient (Wildman–Crippen LogP) is 7.56. The Bertz CT molecular complexity index is 1550. The van der Waals surface area contributed by atoms with Gasteiger partial charge in [-0.15, -0.1) is 0 Å². The van der Waals surface area contributed by atoms with E-state index in [9.17, 15) is 52.7 Å². The molecule has 1 heterocycles. The van der Waals surface area contributed by atoms with Gasteiger partial charge in [0.15, 0.2) is 69.8 Å². The molecule has 4 aromatic carbocycles. The molecule has 1 saturated heterocycles. The first kappa shape index (κ1) is 40.8. The fourth-order valence-corrected chi connectivity index (χ4v) is 6.74. The Morgan fingerprint density at radius 3 is 1.02 bits per heavy atom. The van der Waals surface area contributed by atoms with Gasteiger partial charge in [0, 0.05) is 0 Å². The molecule has 4 aromatic rings. The van der Waals surface area contributed by atoms with Crippen LogP contribution in [0.25, 0.3) is 0 Å². The quantitative estimate of drug-likeness (QED) is 0.0506. The SMILES string of the molecule is CCCCCCCC[N+]1(C)CCOCC1.Fc1cc([B-](c2cc(F)c(F)c(F)c2)(c2cc(F)c(F)c(F)c2)c2cc(F)c(F)c(F)c2)cc(F)c1F. The number of hydrogen-bond acceptors (Lipinski definition) is 1. The van der Waals surface area contributed by atoms with Gasteiger partial charge in [-0.05, 0) is 12.8 Å². The summed E-state index contributed by atoms with van der Waals surface area (Å²) < 4.78 is 177. The number of nitrogens with zero attached hydrogens (tertiary/aromatic N) is 1. The molecule has 0 aromatic heterocycles. The molecule has 15 heteroatoms. The number of quaternary nitrogens is 1. The average Bonchev–Trinajstić information content (AvgIpc) is 3.09. The van der Waals surface area contributed by atoms with Gasteiger partial charge in [0.05, 0.1) is 26.8 Å². The molecule has 0 bridgehead atoms. The molecule has 0 amide bonds. The average molecular weight is 749 g/mol. The molecule has 5 rings (SSSR count). The summed E-state index contributed by atoms with van der Waals surface area (Å²) >= 11 is 0. The number of unbranched alkanes of at least 4 members (excludes halogenated alkanes) is 5. The van der Waals surface area contributed by atoms with E-state index in [1.54, 1.807) is 0 Å². The minimum Gasteiger partial charge on any atom is -0.370 e. The zero-order valence-electron chi connectivity index (χ0n) is 28.4. The zero-order valence-corrected chi connectivity index (χ0v) is 28.4. The van der Waals surface area contributed by atoms with Crippen LogP contribution in [-0.4, -0.2) is 50.5 Å². The van der Waals surface area contributed by atoms with Crippen LogP contribution in [0.5, 0.6) is 0 Å². The van der Waals surface area contributed by atoms with Gasteiger partial charge >= 0.3 is 0 Å². The fourth-order valence-electron chi connectivity index (χ4n) is 6.74. The van der Waals surface area contributed by atoms with Crippen molar-refractivity contribution in [2.75, 3.05) is 39.9 Å². The Kier molecular flexibility index (Phi) is 13.5. The van der Waals surface area contributed by atoms with E-state index in [-0.39, 0.29) is 48.5 Å². The van der Waals surface area contributed by atoms with Gasteiger partial charge in [-0.1, -0.05) is 81.1 Å². The normalized spacial score (nSPS) is 14.3. The Morgan fingerprint density at radius 1 is 0.462 bits per heavy atom. The lowest BCUT2D eigenvalue weighted by Gasteiger charge is -2.44. The van der Waals surface area contributed by atoms with Crippen LogP contribution in [0.4, 0.5) is 52.7 Å². The van der Waals surface area contributed by atoms with E-state index < -0.39 is 97.8 Å². The highest BCUT2D eigenvalue weighted by atomic mass is 19.2. The first-order valence-corrected chi connectivity index (χ1v) is 16.7. The molecule has 2 nitrogen and oxygen atoms in total. The highest BCUT2D eigenvalue weighted by molar-refractivity contribution is 7.19. The summed E-state index contributed by atoms with van der Waals surface area (Å²) in [6.45, 7) is 8.00. The van der Waals surface area contributed by atoms with Gasteiger partial charge in [0.25, 0.3) is 0 Å². The summed E-state index contributed by atoms with van der Waals surface area (Å²) in [5, 5.41) is 0. The summed E-state index contributed by atoms with van der Waals surface area (Å²) in [6, 6.07) is 1.41. The predicted molar refractivity (Wildman–Crippen MR) is 175 cm³/mol. The van der Waals surface area contributed by atoms with Crippen LogP contribution in [0.15, 0.2) is 48.5 Å². The molecule has 0 N–H and O–H groups in total. The van der Waals surface area contributed by atoms with Gasteiger partial charge in [-0.2, -0.15) is 21.9 Å².